The Bertz CT molecular complexity index is 592. The molecular formula is C14H22BrClN2O3S. The summed E-state index contributed by atoms with van der Waals surface area (Å²) in [5, 5.41) is 3.31. The second-order valence-corrected chi connectivity index (χ2v) is 7.88. The molecule has 1 aromatic carbocycles. The van der Waals surface area contributed by atoms with Gasteiger partial charge in [-0.25, -0.2) is 13.1 Å². The fourth-order valence-electron chi connectivity index (χ4n) is 2.53. The van der Waals surface area contributed by atoms with Crippen molar-refractivity contribution in [1.29, 1.82) is 0 Å². The molecule has 8 heteroatoms. The first-order chi connectivity index (χ1) is 9.94. The lowest BCUT2D eigenvalue weighted by atomic mass is 9.94. The van der Waals surface area contributed by atoms with Gasteiger partial charge in [0.1, 0.15) is 5.75 Å². The molecule has 1 fully saturated rings. The van der Waals surface area contributed by atoms with E-state index < -0.39 is 10.0 Å². The van der Waals surface area contributed by atoms with Gasteiger partial charge in [0.25, 0.3) is 0 Å². The number of methoxy groups -OCH3 is 1. The molecule has 0 saturated carbocycles. The van der Waals surface area contributed by atoms with Gasteiger partial charge in [-0.3, -0.25) is 0 Å². The van der Waals surface area contributed by atoms with Crippen molar-refractivity contribution in [2.75, 3.05) is 20.2 Å². The number of hydrogen-bond donors (Lipinski definition) is 2. The lowest BCUT2D eigenvalue weighted by Crippen LogP contribution is -2.44. The van der Waals surface area contributed by atoms with Gasteiger partial charge in [0.15, 0.2) is 0 Å². The Kier molecular flexibility index (Phi) is 7.61. The summed E-state index contributed by atoms with van der Waals surface area (Å²) < 4.78 is 33.4. The number of benzene rings is 1. The summed E-state index contributed by atoms with van der Waals surface area (Å²) in [6.07, 6.45) is 2.13. The van der Waals surface area contributed by atoms with Crippen LogP contribution in [0.25, 0.3) is 0 Å². The zero-order chi connectivity index (χ0) is 15.5. The zero-order valence-electron chi connectivity index (χ0n) is 12.6. The third kappa shape index (κ3) is 4.83. The van der Waals surface area contributed by atoms with Gasteiger partial charge in [-0.1, -0.05) is 0 Å². The van der Waals surface area contributed by atoms with Crippen LogP contribution in [-0.2, 0) is 10.0 Å². The van der Waals surface area contributed by atoms with Crippen molar-refractivity contribution >= 4 is 38.4 Å². The highest BCUT2D eigenvalue weighted by atomic mass is 79.9. The fraction of sp³-hybridized carbons (Fsp3) is 0.571. The summed E-state index contributed by atoms with van der Waals surface area (Å²) in [4.78, 5) is 0.241. The molecule has 1 aliphatic heterocycles. The minimum absolute atomic E-state index is 0. The zero-order valence-corrected chi connectivity index (χ0v) is 15.9. The first-order valence-corrected chi connectivity index (χ1v) is 9.28. The number of halogens is 2. The summed E-state index contributed by atoms with van der Waals surface area (Å²) >= 11 is 3.32. The van der Waals surface area contributed by atoms with Crippen molar-refractivity contribution in [3.63, 3.8) is 0 Å². The van der Waals surface area contributed by atoms with Crippen molar-refractivity contribution in [3.8, 4) is 5.75 Å². The van der Waals surface area contributed by atoms with E-state index in [1.807, 2.05) is 6.92 Å². The topological polar surface area (TPSA) is 67.4 Å². The maximum absolute atomic E-state index is 12.4. The summed E-state index contributed by atoms with van der Waals surface area (Å²) in [6.45, 7) is 3.80. The monoisotopic (exact) mass is 412 g/mol. The molecule has 126 valence electrons. The molecule has 0 bridgehead atoms. The van der Waals surface area contributed by atoms with Crippen molar-refractivity contribution < 1.29 is 13.2 Å². The van der Waals surface area contributed by atoms with E-state index in [1.165, 1.54) is 0 Å². The standard InChI is InChI=1S/C14H21BrN2O3S.ClH/c1-10(11-4-3-7-16-9-11)17-21(18,19)12-5-6-14(20-2)13(15)8-12;/h5-6,8,10-11,16-17H,3-4,7,9H2,1-2H3;1H. The number of sulfonamides is 1. The molecule has 22 heavy (non-hydrogen) atoms. The largest absolute Gasteiger partial charge is 0.496 e. The van der Waals surface area contributed by atoms with Crippen LogP contribution < -0.4 is 14.8 Å². The molecule has 1 aromatic rings. The maximum atomic E-state index is 12.4. The van der Waals surface area contributed by atoms with Gasteiger partial charge in [-0.2, -0.15) is 0 Å². The van der Waals surface area contributed by atoms with Crippen molar-refractivity contribution in [2.24, 2.45) is 5.92 Å². The molecule has 1 heterocycles. The van der Waals surface area contributed by atoms with Crippen molar-refractivity contribution in [2.45, 2.75) is 30.7 Å². The van der Waals surface area contributed by atoms with Crippen LogP contribution >= 0.6 is 28.3 Å². The number of piperidine rings is 1. The Morgan fingerprint density at radius 3 is 2.73 bits per heavy atom. The molecule has 0 radical (unpaired) electrons. The highest BCUT2D eigenvalue weighted by Crippen LogP contribution is 2.27. The molecule has 2 unspecified atom stereocenters. The van der Waals surface area contributed by atoms with Gasteiger partial charge in [-0.15, -0.1) is 12.4 Å². The molecule has 1 aliphatic rings. The highest BCUT2D eigenvalue weighted by Gasteiger charge is 2.25. The number of ether oxygens (including phenoxy) is 1. The van der Waals surface area contributed by atoms with Crippen LogP contribution in [0.1, 0.15) is 19.8 Å². The SMILES string of the molecule is COc1ccc(S(=O)(=O)NC(C)C2CCCNC2)cc1Br.Cl. The Balaban J connectivity index is 0.00000242. The first-order valence-electron chi connectivity index (χ1n) is 7.00. The molecule has 0 spiro atoms. The van der Waals surface area contributed by atoms with Gasteiger partial charge < -0.3 is 10.1 Å². The van der Waals surface area contributed by atoms with Crippen molar-refractivity contribution in [1.82, 2.24) is 10.0 Å². The summed E-state index contributed by atoms with van der Waals surface area (Å²) in [5.41, 5.74) is 0. The quantitative estimate of drug-likeness (QED) is 0.778. The van der Waals surface area contributed by atoms with E-state index in [9.17, 15) is 8.42 Å². The normalized spacial score (nSPS) is 20.0. The molecular weight excluding hydrogens is 392 g/mol. The average molecular weight is 414 g/mol. The predicted molar refractivity (Wildman–Crippen MR) is 93.3 cm³/mol. The van der Waals surface area contributed by atoms with Gasteiger partial charge in [0.2, 0.25) is 10.0 Å². The minimum atomic E-state index is -3.52. The third-order valence-electron chi connectivity index (χ3n) is 3.82. The molecule has 5 nitrogen and oxygen atoms in total. The van der Waals surface area contributed by atoms with E-state index in [0.29, 0.717) is 16.1 Å². The van der Waals surface area contributed by atoms with Gasteiger partial charge in [0, 0.05) is 6.04 Å². The summed E-state index contributed by atoms with van der Waals surface area (Å²) in [7, 11) is -1.97. The van der Waals surface area contributed by atoms with Crippen molar-refractivity contribution in [3.05, 3.63) is 22.7 Å². The van der Waals surface area contributed by atoms with E-state index in [2.05, 4.69) is 26.0 Å². The Morgan fingerprint density at radius 2 is 2.18 bits per heavy atom. The first kappa shape index (κ1) is 19.7. The Morgan fingerprint density at radius 1 is 1.45 bits per heavy atom. The molecule has 2 rings (SSSR count). The molecule has 2 N–H and O–H groups in total. The lowest BCUT2D eigenvalue weighted by Gasteiger charge is -2.28. The smallest absolute Gasteiger partial charge is 0.240 e. The number of rotatable bonds is 5. The van der Waals surface area contributed by atoms with Crippen LogP contribution in [0.4, 0.5) is 0 Å². The lowest BCUT2D eigenvalue weighted by molar-refractivity contribution is 0.320. The van der Waals surface area contributed by atoms with Crippen LogP contribution in [-0.4, -0.2) is 34.7 Å². The molecule has 0 amide bonds. The molecule has 1 saturated heterocycles. The minimum Gasteiger partial charge on any atom is -0.496 e. The van der Waals surface area contributed by atoms with Gasteiger partial charge >= 0.3 is 0 Å². The Labute approximate surface area is 146 Å². The number of nitrogens with one attached hydrogen (secondary N) is 2. The average Bonchev–Trinajstić information content (AvgIpc) is 2.47. The maximum Gasteiger partial charge on any atom is 0.240 e. The molecule has 0 aromatic heterocycles. The number of hydrogen-bond acceptors (Lipinski definition) is 4. The van der Waals surface area contributed by atoms with Gasteiger partial charge in [-0.05, 0) is 72.9 Å². The van der Waals surface area contributed by atoms with Crippen LogP contribution in [0.15, 0.2) is 27.6 Å². The second-order valence-electron chi connectivity index (χ2n) is 5.31. The van der Waals surface area contributed by atoms with E-state index in [0.717, 1.165) is 25.9 Å². The van der Waals surface area contributed by atoms with Crippen LogP contribution in [0, 0.1) is 5.92 Å². The van der Waals surface area contributed by atoms with E-state index >= 15 is 0 Å². The Hall–Kier alpha value is -0.340. The molecule has 2 atom stereocenters. The van der Waals surface area contributed by atoms with Crippen LogP contribution in [0.3, 0.4) is 0 Å². The van der Waals surface area contributed by atoms with Gasteiger partial charge in [0.05, 0.1) is 16.5 Å². The summed E-state index contributed by atoms with van der Waals surface area (Å²) in [5.74, 6) is 0.939. The van der Waals surface area contributed by atoms with E-state index in [1.54, 1.807) is 25.3 Å². The predicted octanol–water partition coefficient (Wildman–Crippen LogP) is 2.55. The highest BCUT2D eigenvalue weighted by molar-refractivity contribution is 9.10. The van der Waals surface area contributed by atoms with E-state index in [-0.39, 0.29) is 23.3 Å². The second kappa shape index (κ2) is 8.49. The fourth-order valence-corrected chi connectivity index (χ4v) is 4.56. The third-order valence-corrected chi connectivity index (χ3v) is 5.99. The summed E-state index contributed by atoms with van der Waals surface area (Å²) in [6, 6.07) is 4.67. The van der Waals surface area contributed by atoms with Crippen LogP contribution in [0.5, 0.6) is 5.75 Å². The van der Waals surface area contributed by atoms with E-state index in [4.69, 9.17) is 4.74 Å². The molecule has 0 aliphatic carbocycles. The van der Waals surface area contributed by atoms with Crippen LogP contribution in [0.2, 0.25) is 0 Å².